The predicted octanol–water partition coefficient (Wildman–Crippen LogP) is 3.28. The minimum absolute atomic E-state index is 0.0790. The lowest BCUT2D eigenvalue weighted by atomic mass is 9.76. The molecule has 5 heteroatoms. The van der Waals surface area contributed by atoms with Gasteiger partial charge in [-0.25, -0.2) is 9.59 Å². The number of hydrogen-bond donors (Lipinski definition) is 1. The molecule has 2 atom stereocenters. The normalized spacial score (nSPS) is 27.7. The molecule has 0 radical (unpaired) electrons. The van der Waals surface area contributed by atoms with Crippen molar-refractivity contribution in [2.45, 2.75) is 70.9 Å². The third-order valence-electron chi connectivity index (χ3n) is 4.58. The van der Waals surface area contributed by atoms with E-state index in [1.807, 2.05) is 0 Å². The van der Waals surface area contributed by atoms with Gasteiger partial charge in [0.2, 0.25) is 0 Å². The van der Waals surface area contributed by atoms with E-state index in [4.69, 9.17) is 4.74 Å². The second-order valence-corrected chi connectivity index (χ2v) is 7.31. The Hall–Kier alpha value is -1.26. The molecule has 1 saturated heterocycles. The first-order valence-electron chi connectivity index (χ1n) is 8.02. The molecule has 1 heterocycles. The first-order chi connectivity index (χ1) is 9.79. The summed E-state index contributed by atoms with van der Waals surface area (Å²) in [5.74, 6) is -0.378. The monoisotopic (exact) mass is 297 g/mol. The lowest BCUT2D eigenvalue weighted by Gasteiger charge is -2.32. The van der Waals surface area contributed by atoms with Crippen LogP contribution in [0.1, 0.15) is 59.3 Å². The van der Waals surface area contributed by atoms with E-state index in [0.717, 1.165) is 19.3 Å². The molecule has 1 amide bonds. The van der Waals surface area contributed by atoms with E-state index in [9.17, 15) is 14.7 Å². The summed E-state index contributed by atoms with van der Waals surface area (Å²) in [5.41, 5.74) is -0.594. The van der Waals surface area contributed by atoms with Crippen molar-refractivity contribution in [3.8, 4) is 0 Å². The van der Waals surface area contributed by atoms with E-state index >= 15 is 0 Å². The average molecular weight is 297 g/mol. The SMILES string of the molecule is CC(C)(C)OC(=O)N1CC[C@@H](C2CCCCC2)[C@@H]1C(=O)O. The topological polar surface area (TPSA) is 66.8 Å². The number of hydrogen-bond acceptors (Lipinski definition) is 3. The van der Waals surface area contributed by atoms with Crippen molar-refractivity contribution >= 4 is 12.1 Å². The summed E-state index contributed by atoms with van der Waals surface area (Å²) < 4.78 is 5.36. The van der Waals surface area contributed by atoms with Gasteiger partial charge in [0.05, 0.1) is 0 Å². The zero-order valence-corrected chi connectivity index (χ0v) is 13.3. The zero-order valence-electron chi connectivity index (χ0n) is 13.3. The zero-order chi connectivity index (χ0) is 15.6. The van der Waals surface area contributed by atoms with Crippen molar-refractivity contribution in [2.24, 2.45) is 11.8 Å². The molecule has 1 N–H and O–H groups in total. The number of likely N-dealkylation sites (tertiary alicyclic amines) is 1. The van der Waals surface area contributed by atoms with Gasteiger partial charge in [-0.2, -0.15) is 0 Å². The second-order valence-electron chi connectivity index (χ2n) is 7.31. The number of carboxylic acids is 1. The standard InChI is InChI=1S/C16H27NO4/c1-16(2,3)21-15(20)17-10-9-12(13(17)14(18)19)11-7-5-4-6-8-11/h11-13H,4-10H2,1-3H3,(H,18,19)/t12-,13+/m0/s1. The second kappa shape index (κ2) is 6.24. The molecule has 21 heavy (non-hydrogen) atoms. The fourth-order valence-electron chi connectivity index (χ4n) is 3.71. The first-order valence-corrected chi connectivity index (χ1v) is 8.02. The highest BCUT2D eigenvalue weighted by Crippen LogP contribution is 2.39. The maximum atomic E-state index is 12.2. The molecule has 1 saturated carbocycles. The van der Waals surface area contributed by atoms with E-state index in [-0.39, 0.29) is 5.92 Å². The van der Waals surface area contributed by atoms with Gasteiger partial charge in [-0.05, 0) is 39.0 Å². The lowest BCUT2D eigenvalue weighted by Crippen LogP contribution is -2.46. The highest BCUT2D eigenvalue weighted by molar-refractivity contribution is 5.81. The summed E-state index contributed by atoms with van der Waals surface area (Å²) in [7, 11) is 0. The molecule has 2 rings (SSSR count). The lowest BCUT2D eigenvalue weighted by molar-refractivity contribution is -0.144. The molecule has 1 aliphatic carbocycles. The molecule has 0 spiro atoms. The van der Waals surface area contributed by atoms with Crippen LogP contribution in [0.3, 0.4) is 0 Å². The van der Waals surface area contributed by atoms with Crippen molar-refractivity contribution in [1.29, 1.82) is 0 Å². The molecular weight excluding hydrogens is 270 g/mol. The number of amides is 1. The van der Waals surface area contributed by atoms with E-state index in [0.29, 0.717) is 12.5 Å². The van der Waals surface area contributed by atoms with Crippen molar-refractivity contribution < 1.29 is 19.4 Å². The van der Waals surface area contributed by atoms with Crippen molar-refractivity contribution in [3.05, 3.63) is 0 Å². The fourth-order valence-corrected chi connectivity index (χ4v) is 3.71. The van der Waals surface area contributed by atoms with E-state index < -0.39 is 23.7 Å². The highest BCUT2D eigenvalue weighted by Gasteiger charge is 2.46. The summed E-state index contributed by atoms with van der Waals surface area (Å²) in [5, 5.41) is 9.58. The number of rotatable bonds is 2. The minimum Gasteiger partial charge on any atom is -0.480 e. The van der Waals surface area contributed by atoms with Crippen LogP contribution < -0.4 is 0 Å². The molecule has 0 aromatic carbocycles. The average Bonchev–Trinajstić information content (AvgIpc) is 2.82. The molecular formula is C16H27NO4. The maximum Gasteiger partial charge on any atom is 0.411 e. The third kappa shape index (κ3) is 3.89. The van der Waals surface area contributed by atoms with Gasteiger partial charge in [0.15, 0.2) is 0 Å². The van der Waals surface area contributed by atoms with Crippen LogP contribution in [0.4, 0.5) is 4.79 Å². The van der Waals surface area contributed by atoms with E-state index in [2.05, 4.69) is 0 Å². The van der Waals surface area contributed by atoms with Crippen molar-refractivity contribution in [3.63, 3.8) is 0 Å². The van der Waals surface area contributed by atoms with Crippen molar-refractivity contribution in [2.75, 3.05) is 6.54 Å². The van der Waals surface area contributed by atoms with E-state index in [1.165, 1.54) is 24.2 Å². The number of carbonyl (C=O) groups is 2. The van der Waals surface area contributed by atoms with Crippen LogP contribution in [0.25, 0.3) is 0 Å². The van der Waals surface area contributed by atoms with Gasteiger partial charge in [-0.3, -0.25) is 4.90 Å². The smallest absolute Gasteiger partial charge is 0.411 e. The Morgan fingerprint density at radius 3 is 2.24 bits per heavy atom. The largest absolute Gasteiger partial charge is 0.480 e. The molecule has 0 aromatic heterocycles. The van der Waals surface area contributed by atoms with Crippen LogP contribution in [0, 0.1) is 11.8 Å². The van der Waals surface area contributed by atoms with Gasteiger partial charge in [0.1, 0.15) is 11.6 Å². The van der Waals surface area contributed by atoms with Gasteiger partial charge < -0.3 is 9.84 Å². The Kier molecular flexibility index (Phi) is 4.79. The Labute approximate surface area is 126 Å². The van der Waals surface area contributed by atoms with Crippen LogP contribution in [0.2, 0.25) is 0 Å². The number of ether oxygens (including phenoxy) is 1. The summed E-state index contributed by atoms with van der Waals surface area (Å²) >= 11 is 0. The Morgan fingerprint density at radius 2 is 1.71 bits per heavy atom. The third-order valence-corrected chi connectivity index (χ3v) is 4.58. The molecule has 0 bridgehead atoms. The van der Waals surface area contributed by atoms with Crippen LogP contribution >= 0.6 is 0 Å². The Bertz CT molecular complexity index is 396. The van der Waals surface area contributed by atoms with E-state index in [1.54, 1.807) is 20.8 Å². The molecule has 0 aromatic rings. The first kappa shape index (κ1) is 16.1. The quantitative estimate of drug-likeness (QED) is 0.849. The van der Waals surface area contributed by atoms with Gasteiger partial charge in [0.25, 0.3) is 0 Å². The maximum absolute atomic E-state index is 12.2. The predicted molar refractivity (Wildman–Crippen MR) is 79.0 cm³/mol. The fraction of sp³-hybridized carbons (Fsp3) is 0.875. The summed E-state index contributed by atoms with van der Waals surface area (Å²) in [6.45, 7) is 5.90. The number of carboxylic acid groups (broad SMARTS) is 1. The number of carbonyl (C=O) groups excluding carboxylic acids is 1. The highest BCUT2D eigenvalue weighted by atomic mass is 16.6. The molecule has 2 fully saturated rings. The number of aliphatic carboxylic acids is 1. The molecule has 120 valence electrons. The van der Waals surface area contributed by atoms with Gasteiger partial charge in [-0.15, -0.1) is 0 Å². The summed E-state index contributed by atoms with van der Waals surface area (Å²) in [6, 6.07) is -0.719. The minimum atomic E-state index is -0.895. The number of nitrogens with zero attached hydrogens (tertiary/aromatic N) is 1. The van der Waals surface area contributed by atoms with Crippen LogP contribution in [-0.4, -0.2) is 40.3 Å². The molecule has 2 aliphatic rings. The Morgan fingerprint density at radius 1 is 1.10 bits per heavy atom. The summed E-state index contributed by atoms with van der Waals surface area (Å²) in [4.78, 5) is 25.4. The summed E-state index contributed by atoms with van der Waals surface area (Å²) in [6.07, 6.45) is 6.08. The van der Waals surface area contributed by atoms with Gasteiger partial charge in [-0.1, -0.05) is 32.1 Å². The van der Waals surface area contributed by atoms with Crippen LogP contribution in [-0.2, 0) is 9.53 Å². The molecule has 0 unspecified atom stereocenters. The van der Waals surface area contributed by atoms with Crippen LogP contribution in [0.15, 0.2) is 0 Å². The van der Waals surface area contributed by atoms with Crippen molar-refractivity contribution in [1.82, 2.24) is 4.90 Å². The van der Waals surface area contributed by atoms with Crippen LogP contribution in [0.5, 0.6) is 0 Å². The molecule has 1 aliphatic heterocycles. The molecule has 5 nitrogen and oxygen atoms in total. The van der Waals surface area contributed by atoms with Gasteiger partial charge >= 0.3 is 12.1 Å². The Balaban J connectivity index is 2.09. The van der Waals surface area contributed by atoms with Gasteiger partial charge in [0, 0.05) is 6.54 Å².